The lowest BCUT2D eigenvalue weighted by Crippen LogP contribution is -2.51. The number of sulfonamides is 1. The number of benzene rings is 2. The molecule has 0 saturated heterocycles. The number of carbonyl (C=O) groups is 1. The van der Waals surface area contributed by atoms with Crippen molar-refractivity contribution in [2.75, 3.05) is 20.6 Å². The van der Waals surface area contributed by atoms with Crippen LogP contribution in [0.4, 0.5) is 0 Å². The van der Waals surface area contributed by atoms with E-state index in [1.165, 1.54) is 42.2 Å². The van der Waals surface area contributed by atoms with E-state index in [4.69, 9.17) is 0 Å². The van der Waals surface area contributed by atoms with Gasteiger partial charge in [0.05, 0.1) is 10.8 Å². The SMILES string of the molecule is CN(C(=O)[C@@H]1C=C2c3cccc4[nH]cc(c34)C[C@H]2NC1)N(C)S(=O)(=O)c1ccccc1. The smallest absolute Gasteiger partial charge is 0.259 e. The number of hydrazine groups is 1. The number of rotatable bonds is 4. The van der Waals surface area contributed by atoms with Gasteiger partial charge in [-0.3, -0.25) is 9.80 Å². The predicted molar refractivity (Wildman–Crippen MR) is 119 cm³/mol. The second-order valence-corrected chi connectivity index (χ2v) is 10.00. The molecule has 31 heavy (non-hydrogen) atoms. The van der Waals surface area contributed by atoms with Gasteiger partial charge >= 0.3 is 0 Å². The zero-order chi connectivity index (χ0) is 21.8. The number of carbonyl (C=O) groups excluding carboxylic acids is 1. The quantitative estimate of drug-likeness (QED) is 0.615. The second kappa shape index (κ2) is 7.33. The van der Waals surface area contributed by atoms with Crippen LogP contribution in [-0.2, 0) is 21.2 Å². The molecule has 2 N–H and O–H groups in total. The lowest BCUT2D eigenvalue weighted by molar-refractivity contribution is -0.140. The lowest BCUT2D eigenvalue weighted by atomic mass is 9.80. The van der Waals surface area contributed by atoms with E-state index in [0.29, 0.717) is 6.54 Å². The van der Waals surface area contributed by atoms with Crippen LogP contribution < -0.4 is 5.32 Å². The van der Waals surface area contributed by atoms with Gasteiger partial charge in [0.15, 0.2) is 0 Å². The first-order valence-corrected chi connectivity index (χ1v) is 11.7. The molecular formula is C23H24N4O3S. The van der Waals surface area contributed by atoms with Crippen LogP contribution in [0.25, 0.3) is 16.5 Å². The Labute approximate surface area is 181 Å². The minimum absolute atomic E-state index is 0.147. The van der Waals surface area contributed by atoms with Crippen LogP contribution in [0, 0.1) is 5.92 Å². The molecule has 160 valence electrons. The highest BCUT2D eigenvalue weighted by molar-refractivity contribution is 7.89. The number of aromatic amines is 1. The fourth-order valence-corrected chi connectivity index (χ4v) is 5.76. The summed E-state index contributed by atoms with van der Waals surface area (Å²) < 4.78 is 26.9. The monoisotopic (exact) mass is 436 g/mol. The van der Waals surface area contributed by atoms with E-state index in [2.05, 4.69) is 28.6 Å². The molecule has 2 atom stereocenters. The number of fused-ring (bicyclic) bond motifs is 2. The maximum Gasteiger partial charge on any atom is 0.259 e. The highest BCUT2D eigenvalue weighted by Gasteiger charge is 2.35. The molecule has 0 saturated carbocycles. The van der Waals surface area contributed by atoms with Crippen LogP contribution in [0.1, 0.15) is 11.1 Å². The molecule has 5 rings (SSSR count). The molecule has 1 aliphatic carbocycles. The van der Waals surface area contributed by atoms with Crippen molar-refractivity contribution in [3.8, 4) is 0 Å². The van der Waals surface area contributed by atoms with E-state index < -0.39 is 15.9 Å². The minimum atomic E-state index is -3.82. The van der Waals surface area contributed by atoms with Crippen LogP contribution in [0.15, 0.2) is 65.7 Å². The Hall–Kier alpha value is -2.94. The molecule has 7 nitrogen and oxygen atoms in total. The molecular weight excluding hydrogens is 412 g/mol. The van der Waals surface area contributed by atoms with Gasteiger partial charge in [0, 0.05) is 43.8 Å². The van der Waals surface area contributed by atoms with Gasteiger partial charge in [-0.25, -0.2) is 8.42 Å². The highest BCUT2D eigenvalue weighted by atomic mass is 32.2. The number of aromatic nitrogens is 1. The van der Waals surface area contributed by atoms with E-state index in [-0.39, 0.29) is 16.8 Å². The normalized spacial score (nSPS) is 20.4. The number of amides is 1. The first-order valence-electron chi connectivity index (χ1n) is 10.2. The molecule has 1 amide bonds. The summed E-state index contributed by atoms with van der Waals surface area (Å²) in [4.78, 5) is 16.7. The Bertz CT molecular complexity index is 1300. The molecule has 0 bridgehead atoms. The van der Waals surface area contributed by atoms with Gasteiger partial charge in [0.25, 0.3) is 10.0 Å². The highest BCUT2D eigenvalue weighted by Crippen LogP contribution is 2.38. The Morgan fingerprint density at radius 2 is 1.84 bits per heavy atom. The summed E-state index contributed by atoms with van der Waals surface area (Å²) in [5, 5.41) is 5.89. The van der Waals surface area contributed by atoms with Crippen molar-refractivity contribution in [1.82, 2.24) is 19.7 Å². The summed E-state index contributed by atoms with van der Waals surface area (Å²) >= 11 is 0. The van der Waals surface area contributed by atoms with Crippen molar-refractivity contribution in [1.29, 1.82) is 0 Å². The molecule has 1 aliphatic heterocycles. The summed E-state index contributed by atoms with van der Waals surface area (Å²) in [6.45, 7) is 0.465. The molecule has 3 aromatic rings. The fraction of sp³-hybridized carbons (Fsp3) is 0.261. The number of hydrogen-bond donors (Lipinski definition) is 2. The largest absolute Gasteiger partial charge is 0.361 e. The Balaban J connectivity index is 1.45. The zero-order valence-electron chi connectivity index (χ0n) is 17.4. The number of hydrogen-bond acceptors (Lipinski definition) is 4. The second-order valence-electron chi connectivity index (χ2n) is 8.05. The predicted octanol–water partition coefficient (Wildman–Crippen LogP) is 2.39. The third kappa shape index (κ3) is 3.18. The molecule has 1 aromatic heterocycles. The van der Waals surface area contributed by atoms with E-state index in [1.807, 2.05) is 12.1 Å². The minimum Gasteiger partial charge on any atom is -0.361 e. The summed E-state index contributed by atoms with van der Waals surface area (Å²) in [5.74, 6) is -0.729. The van der Waals surface area contributed by atoms with Gasteiger partial charge in [-0.2, -0.15) is 0 Å². The number of nitrogens with one attached hydrogen (secondary N) is 2. The van der Waals surface area contributed by atoms with Crippen molar-refractivity contribution in [3.05, 3.63) is 71.9 Å². The average molecular weight is 437 g/mol. The number of H-pyrrole nitrogens is 1. The van der Waals surface area contributed by atoms with Crippen molar-refractivity contribution in [2.24, 2.45) is 5.92 Å². The maximum absolute atomic E-state index is 13.3. The van der Waals surface area contributed by atoms with Gasteiger partial charge in [-0.1, -0.05) is 36.4 Å². The first-order chi connectivity index (χ1) is 14.9. The summed E-state index contributed by atoms with van der Waals surface area (Å²) in [6.07, 6.45) is 4.93. The fourth-order valence-electron chi connectivity index (χ4n) is 4.55. The van der Waals surface area contributed by atoms with Gasteiger partial charge in [-0.05, 0) is 41.3 Å². The van der Waals surface area contributed by atoms with Crippen LogP contribution in [0.5, 0.6) is 0 Å². The van der Waals surface area contributed by atoms with Gasteiger partial charge in [-0.15, -0.1) is 4.41 Å². The molecule has 2 aliphatic rings. The first kappa shape index (κ1) is 20.0. The molecule has 0 unspecified atom stereocenters. The Morgan fingerprint density at radius 1 is 1.06 bits per heavy atom. The van der Waals surface area contributed by atoms with Crippen molar-refractivity contribution >= 4 is 32.4 Å². The maximum atomic E-state index is 13.3. The molecule has 0 radical (unpaired) electrons. The molecule has 0 fully saturated rings. The average Bonchev–Trinajstić information content (AvgIpc) is 3.22. The van der Waals surface area contributed by atoms with Crippen molar-refractivity contribution in [2.45, 2.75) is 17.4 Å². The van der Waals surface area contributed by atoms with Crippen LogP contribution in [-0.4, -0.2) is 55.4 Å². The Kier molecular flexibility index (Phi) is 4.73. The van der Waals surface area contributed by atoms with Crippen LogP contribution >= 0.6 is 0 Å². The van der Waals surface area contributed by atoms with E-state index in [9.17, 15) is 13.2 Å². The molecule has 2 heterocycles. The standard InChI is InChI=1S/C23H24N4O3S/c1-26(27(2)31(29,30)17-7-4-3-5-8-17)23(28)16-11-19-18-9-6-10-20-22(18)15(13-24-20)12-21(19)25-14-16/h3-11,13,16,21,24-25H,12,14H2,1-2H3/t16-,21-/m1/s1. The van der Waals surface area contributed by atoms with Crippen LogP contribution in [0.2, 0.25) is 0 Å². The number of nitrogens with zero attached hydrogens (tertiary/aromatic N) is 2. The summed E-state index contributed by atoms with van der Waals surface area (Å²) in [6, 6.07) is 14.4. The molecule has 0 spiro atoms. The van der Waals surface area contributed by atoms with Gasteiger partial charge in [0.2, 0.25) is 5.91 Å². The zero-order valence-corrected chi connectivity index (χ0v) is 18.2. The lowest BCUT2D eigenvalue weighted by Gasteiger charge is -2.36. The van der Waals surface area contributed by atoms with Crippen molar-refractivity contribution in [3.63, 3.8) is 0 Å². The third-order valence-electron chi connectivity index (χ3n) is 6.31. The summed E-state index contributed by atoms with van der Waals surface area (Å²) in [5.41, 5.74) is 4.59. The van der Waals surface area contributed by atoms with Crippen molar-refractivity contribution < 1.29 is 13.2 Å². The van der Waals surface area contributed by atoms with Gasteiger partial charge in [0.1, 0.15) is 0 Å². The van der Waals surface area contributed by atoms with E-state index in [0.717, 1.165) is 27.5 Å². The summed E-state index contributed by atoms with van der Waals surface area (Å²) in [7, 11) is -0.915. The van der Waals surface area contributed by atoms with E-state index >= 15 is 0 Å². The van der Waals surface area contributed by atoms with Gasteiger partial charge < -0.3 is 10.3 Å². The Morgan fingerprint density at radius 3 is 2.61 bits per heavy atom. The molecule has 8 heteroatoms. The van der Waals surface area contributed by atoms with Crippen LogP contribution in [0.3, 0.4) is 0 Å². The molecule has 2 aromatic carbocycles. The third-order valence-corrected chi connectivity index (χ3v) is 8.12. The topological polar surface area (TPSA) is 85.5 Å². The van der Waals surface area contributed by atoms with E-state index in [1.54, 1.807) is 18.2 Å².